The van der Waals surface area contributed by atoms with Crippen molar-refractivity contribution in [2.75, 3.05) is 6.61 Å². The van der Waals surface area contributed by atoms with Gasteiger partial charge in [0, 0.05) is 12.0 Å². The number of thiophene rings is 1. The van der Waals surface area contributed by atoms with Crippen molar-refractivity contribution in [3.63, 3.8) is 0 Å². The van der Waals surface area contributed by atoms with Crippen LogP contribution in [-0.4, -0.2) is 12.4 Å². The molecule has 4 heteroatoms. The van der Waals surface area contributed by atoms with Gasteiger partial charge in [-0.25, -0.2) is 0 Å². The Morgan fingerprint density at radius 2 is 2.22 bits per heavy atom. The zero-order valence-electron chi connectivity index (χ0n) is 9.83. The summed E-state index contributed by atoms with van der Waals surface area (Å²) in [6.07, 6.45) is 0.892. The van der Waals surface area contributed by atoms with Gasteiger partial charge in [0.1, 0.15) is 5.75 Å². The predicted molar refractivity (Wildman–Crippen MR) is 75.8 cm³/mol. The van der Waals surface area contributed by atoms with E-state index in [1.54, 1.807) is 0 Å². The Balaban J connectivity index is 1.97. The molecule has 0 saturated carbocycles. The molecule has 18 heavy (non-hydrogen) atoms. The number of carbonyl (C=O) groups is 1. The van der Waals surface area contributed by atoms with Crippen molar-refractivity contribution < 1.29 is 9.53 Å². The van der Waals surface area contributed by atoms with Crippen LogP contribution in [0.4, 0.5) is 0 Å². The average Bonchev–Trinajstić information content (AvgIpc) is 2.95. The van der Waals surface area contributed by atoms with Gasteiger partial charge in [-0.15, -0.1) is 11.3 Å². The quantitative estimate of drug-likeness (QED) is 0.781. The topological polar surface area (TPSA) is 26.3 Å². The molecule has 0 aliphatic carbocycles. The van der Waals surface area contributed by atoms with Crippen molar-refractivity contribution in [2.45, 2.75) is 13.3 Å². The number of aryl methyl sites for hydroxylation is 1. The normalized spacial score (nSPS) is 13.2. The van der Waals surface area contributed by atoms with Gasteiger partial charge in [-0.05, 0) is 58.2 Å². The van der Waals surface area contributed by atoms with Crippen LogP contribution in [0.3, 0.4) is 0 Å². The van der Waals surface area contributed by atoms with E-state index in [2.05, 4.69) is 15.9 Å². The molecule has 0 bridgehead atoms. The molecular weight excluding hydrogens is 312 g/mol. The molecule has 1 aliphatic heterocycles. The minimum absolute atomic E-state index is 0.0866. The predicted octanol–water partition coefficient (Wildman–Crippen LogP) is 3.98. The molecule has 0 unspecified atom stereocenters. The van der Waals surface area contributed by atoms with E-state index in [0.717, 1.165) is 44.1 Å². The lowest BCUT2D eigenvalue weighted by atomic mass is 10.0. The van der Waals surface area contributed by atoms with Crippen molar-refractivity contribution in [1.29, 1.82) is 0 Å². The Hall–Kier alpha value is -1.13. The smallest absolute Gasteiger partial charge is 0.203 e. The van der Waals surface area contributed by atoms with Crippen LogP contribution < -0.4 is 4.74 Å². The number of benzene rings is 1. The van der Waals surface area contributed by atoms with Crippen molar-refractivity contribution in [3.05, 3.63) is 49.6 Å². The standard InChI is InChI=1S/C14H11BrO2S/c1-8-6-12(18-14(8)15)13(16)10-2-3-11-9(7-10)4-5-17-11/h2-3,6-7H,4-5H2,1H3. The molecule has 92 valence electrons. The maximum Gasteiger partial charge on any atom is 0.203 e. The fraction of sp³-hybridized carbons (Fsp3) is 0.214. The first-order chi connectivity index (χ1) is 8.65. The average molecular weight is 323 g/mol. The van der Waals surface area contributed by atoms with E-state index in [4.69, 9.17) is 4.74 Å². The van der Waals surface area contributed by atoms with Gasteiger partial charge in [-0.1, -0.05) is 0 Å². The van der Waals surface area contributed by atoms with Crippen LogP contribution in [0.1, 0.15) is 26.4 Å². The number of halogens is 1. The fourth-order valence-corrected chi connectivity index (χ4v) is 3.54. The Kier molecular flexibility index (Phi) is 2.99. The molecular formula is C14H11BrO2S. The lowest BCUT2D eigenvalue weighted by Gasteiger charge is -2.01. The number of carbonyl (C=O) groups excluding carboxylic acids is 1. The molecule has 2 nitrogen and oxygen atoms in total. The zero-order chi connectivity index (χ0) is 12.7. The molecule has 2 aromatic rings. The Morgan fingerprint density at radius 1 is 1.39 bits per heavy atom. The number of hydrogen-bond donors (Lipinski definition) is 0. The fourth-order valence-electron chi connectivity index (χ4n) is 2.04. The number of fused-ring (bicyclic) bond motifs is 1. The summed E-state index contributed by atoms with van der Waals surface area (Å²) >= 11 is 4.94. The molecule has 1 aliphatic rings. The van der Waals surface area contributed by atoms with Crippen molar-refractivity contribution in [1.82, 2.24) is 0 Å². The Labute approximate surface area is 118 Å². The second kappa shape index (κ2) is 4.52. The maximum atomic E-state index is 12.4. The molecule has 0 spiro atoms. The van der Waals surface area contributed by atoms with Gasteiger partial charge in [-0.3, -0.25) is 4.79 Å². The number of ether oxygens (including phenoxy) is 1. The third-order valence-corrected chi connectivity index (χ3v) is 5.17. The molecule has 0 fully saturated rings. The van der Waals surface area contributed by atoms with Crippen molar-refractivity contribution in [2.24, 2.45) is 0 Å². The molecule has 2 heterocycles. The van der Waals surface area contributed by atoms with Crippen LogP contribution in [0.25, 0.3) is 0 Å². The molecule has 3 rings (SSSR count). The third-order valence-electron chi connectivity index (χ3n) is 3.03. The van der Waals surface area contributed by atoms with Gasteiger partial charge < -0.3 is 4.74 Å². The molecule has 0 N–H and O–H groups in total. The summed E-state index contributed by atoms with van der Waals surface area (Å²) in [5.41, 5.74) is 2.98. The van der Waals surface area contributed by atoms with Crippen molar-refractivity contribution in [3.8, 4) is 5.75 Å². The first-order valence-corrected chi connectivity index (χ1v) is 7.32. The van der Waals surface area contributed by atoms with Gasteiger partial charge in [-0.2, -0.15) is 0 Å². The largest absolute Gasteiger partial charge is 0.493 e. The van der Waals surface area contributed by atoms with Crippen LogP contribution in [-0.2, 0) is 6.42 Å². The van der Waals surface area contributed by atoms with Gasteiger partial charge in [0.05, 0.1) is 15.3 Å². The van der Waals surface area contributed by atoms with E-state index >= 15 is 0 Å². The van der Waals surface area contributed by atoms with Crippen LogP contribution in [0.2, 0.25) is 0 Å². The highest BCUT2D eigenvalue weighted by Crippen LogP contribution is 2.31. The second-order valence-corrected chi connectivity index (χ2v) is 6.69. The first-order valence-electron chi connectivity index (χ1n) is 5.71. The van der Waals surface area contributed by atoms with Crippen LogP contribution in [0.15, 0.2) is 28.1 Å². The maximum absolute atomic E-state index is 12.4. The summed E-state index contributed by atoms with van der Waals surface area (Å²) in [6, 6.07) is 7.62. The Morgan fingerprint density at radius 3 is 2.94 bits per heavy atom. The number of rotatable bonds is 2. The number of hydrogen-bond acceptors (Lipinski definition) is 3. The third kappa shape index (κ3) is 1.99. The molecule has 0 atom stereocenters. The van der Waals surface area contributed by atoms with Crippen LogP contribution >= 0.6 is 27.3 Å². The van der Waals surface area contributed by atoms with E-state index in [9.17, 15) is 4.79 Å². The lowest BCUT2D eigenvalue weighted by Crippen LogP contribution is -1.98. The van der Waals surface area contributed by atoms with Gasteiger partial charge in [0.15, 0.2) is 0 Å². The SMILES string of the molecule is Cc1cc(C(=O)c2ccc3c(c2)CCO3)sc1Br. The highest BCUT2D eigenvalue weighted by molar-refractivity contribution is 9.11. The van der Waals surface area contributed by atoms with Gasteiger partial charge in [0.2, 0.25) is 5.78 Å². The molecule has 0 saturated heterocycles. The number of ketones is 1. The summed E-state index contributed by atoms with van der Waals surface area (Å²) in [6.45, 7) is 2.71. The minimum atomic E-state index is 0.0866. The molecule has 1 aromatic carbocycles. The van der Waals surface area contributed by atoms with E-state index < -0.39 is 0 Å². The zero-order valence-corrected chi connectivity index (χ0v) is 12.2. The monoisotopic (exact) mass is 322 g/mol. The summed E-state index contributed by atoms with van der Waals surface area (Å²) in [4.78, 5) is 13.1. The molecule has 0 radical (unpaired) electrons. The summed E-state index contributed by atoms with van der Waals surface area (Å²) in [7, 11) is 0. The summed E-state index contributed by atoms with van der Waals surface area (Å²) in [5, 5.41) is 0. The molecule has 0 amide bonds. The highest BCUT2D eigenvalue weighted by atomic mass is 79.9. The van der Waals surface area contributed by atoms with E-state index in [0.29, 0.717) is 0 Å². The highest BCUT2D eigenvalue weighted by Gasteiger charge is 2.17. The molecule has 1 aromatic heterocycles. The lowest BCUT2D eigenvalue weighted by molar-refractivity contribution is 0.104. The van der Waals surface area contributed by atoms with E-state index in [-0.39, 0.29) is 5.78 Å². The first kappa shape index (κ1) is 11.9. The van der Waals surface area contributed by atoms with Crippen LogP contribution in [0, 0.1) is 6.92 Å². The van der Waals surface area contributed by atoms with Crippen LogP contribution in [0.5, 0.6) is 5.75 Å². The van der Waals surface area contributed by atoms with E-state index in [1.807, 2.05) is 31.2 Å². The van der Waals surface area contributed by atoms with E-state index in [1.165, 1.54) is 11.3 Å². The van der Waals surface area contributed by atoms with Gasteiger partial charge in [0.25, 0.3) is 0 Å². The minimum Gasteiger partial charge on any atom is -0.493 e. The second-order valence-electron chi connectivity index (χ2n) is 4.32. The van der Waals surface area contributed by atoms with Gasteiger partial charge >= 0.3 is 0 Å². The summed E-state index contributed by atoms with van der Waals surface area (Å²) < 4.78 is 6.47. The summed E-state index contributed by atoms with van der Waals surface area (Å²) in [5.74, 6) is 0.999. The van der Waals surface area contributed by atoms with Crippen molar-refractivity contribution >= 4 is 33.0 Å². The Bertz CT molecular complexity index is 611.